The van der Waals surface area contributed by atoms with E-state index in [1.165, 1.54) is 11.8 Å². The van der Waals surface area contributed by atoms with Gasteiger partial charge < -0.3 is 5.32 Å². The lowest BCUT2D eigenvalue weighted by Crippen LogP contribution is -2.24. The van der Waals surface area contributed by atoms with Crippen molar-refractivity contribution in [3.63, 3.8) is 0 Å². The maximum atomic E-state index is 11.4. The number of thioether (sulfide) groups is 2. The van der Waals surface area contributed by atoms with Gasteiger partial charge in [0.05, 0.1) is 11.3 Å². The number of carbonyl (C=O) groups is 1. The summed E-state index contributed by atoms with van der Waals surface area (Å²) >= 11 is 2.94. The van der Waals surface area contributed by atoms with E-state index in [9.17, 15) is 4.79 Å². The molecule has 3 nitrogen and oxygen atoms in total. The van der Waals surface area contributed by atoms with Crippen LogP contribution in [-0.2, 0) is 4.79 Å². The summed E-state index contributed by atoms with van der Waals surface area (Å²) in [5, 5.41) is 11.9. The lowest BCUT2D eigenvalue weighted by atomic mass is 10.2. The number of nitrogens with one attached hydrogen (secondary N) is 1. The van der Waals surface area contributed by atoms with Crippen LogP contribution in [-0.4, -0.2) is 24.5 Å². The zero-order valence-corrected chi connectivity index (χ0v) is 11.5. The predicted molar refractivity (Wildman–Crippen MR) is 72.3 cm³/mol. The Morgan fingerprint density at radius 2 is 2.18 bits per heavy atom. The Hall–Kier alpha value is -1.12. The van der Waals surface area contributed by atoms with Gasteiger partial charge in [0.25, 0.3) is 0 Å². The zero-order chi connectivity index (χ0) is 12.7. The van der Waals surface area contributed by atoms with E-state index in [2.05, 4.69) is 11.4 Å². The maximum absolute atomic E-state index is 11.4. The van der Waals surface area contributed by atoms with Crippen molar-refractivity contribution in [1.82, 2.24) is 5.32 Å². The van der Waals surface area contributed by atoms with Crippen LogP contribution in [0.4, 0.5) is 0 Å². The molecule has 1 amide bonds. The summed E-state index contributed by atoms with van der Waals surface area (Å²) in [4.78, 5) is 13.2. The molecule has 0 aliphatic rings. The van der Waals surface area contributed by atoms with Crippen molar-refractivity contribution in [3.05, 3.63) is 23.8 Å². The molecular weight excluding hydrogens is 252 g/mol. The summed E-state index contributed by atoms with van der Waals surface area (Å²) in [5.74, 6) is 0.344. The fourth-order valence-electron chi connectivity index (χ4n) is 1.30. The molecule has 0 unspecified atom stereocenters. The molecule has 0 aliphatic heterocycles. The average molecular weight is 266 g/mol. The monoisotopic (exact) mass is 266 g/mol. The Balaban J connectivity index is 2.78. The summed E-state index contributed by atoms with van der Waals surface area (Å²) in [6, 6.07) is 7.90. The lowest BCUT2D eigenvalue weighted by Gasteiger charge is -2.07. The molecule has 17 heavy (non-hydrogen) atoms. The molecular formula is C12H14N2OS2. The smallest absolute Gasteiger partial charge is 0.230 e. The molecule has 1 rings (SSSR count). The minimum Gasteiger partial charge on any atom is -0.356 e. The Morgan fingerprint density at radius 1 is 1.47 bits per heavy atom. The number of carbonyl (C=O) groups excluding carboxylic acids is 1. The minimum absolute atomic E-state index is 0.00376. The summed E-state index contributed by atoms with van der Waals surface area (Å²) in [5.41, 5.74) is 0.661. The summed E-state index contributed by atoms with van der Waals surface area (Å²) < 4.78 is 0. The topological polar surface area (TPSA) is 52.9 Å². The van der Waals surface area contributed by atoms with Crippen LogP contribution >= 0.6 is 23.5 Å². The van der Waals surface area contributed by atoms with E-state index < -0.39 is 0 Å². The molecule has 0 saturated heterocycles. The molecule has 0 saturated carbocycles. The molecule has 5 heteroatoms. The van der Waals surface area contributed by atoms with Gasteiger partial charge in [-0.15, -0.1) is 23.5 Å². The van der Waals surface area contributed by atoms with Crippen molar-refractivity contribution in [1.29, 1.82) is 5.26 Å². The third kappa shape index (κ3) is 3.99. The van der Waals surface area contributed by atoms with Crippen molar-refractivity contribution in [2.24, 2.45) is 0 Å². The highest BCUT2D eigenvalue weighted by Gasteiger charge is 2.09. The van der Waals surface area contributed by atoms with Gasteiger partial charge in [0.2, 0.25) is 5.91 Å². The molecule has 0 fully saturated rings. The SMILES string of the molecule is CCNC(=O)CSc1cccc(SC)c1C#N. The number of amides is 1. The first-order chi connectivity index (χ1) is 8.22. The van der Waals surface area contributed by atoms with E-state index in [0.29, 0.717) is 17.9 Å². The summed E-state index contributed by atoms with van der Waals surface area (Å²) in [6.45, 7) is 2.52. The first-order valence-corrected chi connectivity index (χ1v) is 7.40. The molecule has 1 aromatic rings. The van der Waals surface area contributed by atoms with Crippen molar-refractivity contribution in [2.45, 2.75) is 16.7 Å². The van der Waals surface area contributed by atoms with Gasteiger partial charge in [-0.3, -0.25) is 4.79 Å². The van der Waals surface area contributed by atoms with Crippen LogP contribution in [0.5, 0.6) is 0 Å². The molecule has 0 heterocycles. The highest BCUT2D eigenvalue weighted by Crippen LogP contribution is 2.29. The largest absolute Gasteiger partial charge is 0.356 e. The first kappa shape index (κ1) is 13.9. The van der Waals surface area contributed by atoms with Gasteiger partial charge in [-0.1, -0.05) is 6.07 Å². The van der Waals surface area contributed by atoms with Gasteiger partial charge in [-0.25, -0.2) is 0 Å². The third-order valence-electron chi connectivity index (χ3n) is 2.05. The molecule has 0 atom stereocenters. The second kappa shape index (κ2) is 7.25. The van der Waals surface area contributed by atoms with Crippen molar-refractivity contribution < 1.29 is 4.79 Å². The standard InChI is InChI=1S/C12H14N2OS2/c1-3-14-12(15)8-17-11-6-4-5-10(16-2)9(11)7-13/h4-6H,3,8H2,1-2H3,(H,14,15). The first-order valence-electron chi connectivity index (χ1n) is 5.19. The second-order valence-electron chi connectivity index (χ2n) is 3.19. The lowest BCUT2D eigenvalue weighted by molar-refractivity contribution is -0.118. The van der Waals surface area contributed by atoms with Gasteiger partial charge in [-0.2, -0.15) is 5.26 Å². The van der Waals surface area contributed by atoms with Crippen LogP contribution in [0, 0.1) is 11.3 Å². The Bertz CT molecular complexity index is 441. The number of benzene rings is 1. The van der Waals surface area contributed by atoms with E-state index in [-0.39, 0.29) is 5.91 Å². The maximum Gasteiger partial charge on any atom is 0.230 e. The van der Waals surface area contributed by atoms with Crippen molar-refractivity contribution in [2.75, 3.05) is 18.6 Å². The van der Waals surface area contributed by atoms with Gasteiger partial charge in [-0.05, 0) is 25.3 Å². The molecule has 0 bridgehead atoms. The quantitative estimate of drug-likeness (QED) is 0.832. The van der Waals surface area contributed by atoms with E-state index >= 15 is 0 Å². The van der Waals surface area contributed by atoms with Crippen LogP contribution in [0.1, 0.15) is 12.5 Å². The van der Waals surface area contributed by atoms with Crippen LogP contribution in [0.3, 0.4) is 0 Å². The summed E-state index contributed by atoms with van der Waals surface area (Å²) in [6.07, 6.45) is 1.94. The molecule has 1 N–H and O–H groups in total. The number of hydrogen-bond donors (Lipinski definition) is 1. The minimum atomic E-state index is -0.00376. The van der Waals surface area contributed by atoms with Gasteiger partial charge >= 0.3 is 0 Å². The third-order valence-corrected chi connectivity index (χ3v) is 3.89. The average Bonchev–Trinajstić information content (AvgIpc) is 2.36. The summed E-state index contributed by atoms with van der Waals surface area (Å²) in [7, 11) is 0. The fourth-order valence-corrected chi connectivity index (χ4v) is 2.81. The molecule has 1 aromatic carbocycles. The second-order valence-corrected chi connectivity index (χ2v) is 5.05. The van der Waals surface area contributed by atoms with Crippen LogP contribution in [0.2, 0.25) is 0 Å². The van der Waals surface area contributed by atoms with Crippen molar-refractivity contribution in [3.8, 4) is 6.07 Å². The van der Waals surface area contributed by atoms with E-state index in [1.54, 1.807) is 11.8 Å². The number of rotatable bonds is 5. The Morgan fingerprint density at radius 3 is 2.76 bits per heavy atom. The van der Waals surface area contributed by atoms with E-state index in [0.717, 1.165) is 9.79 Å². The van der Waals surface area contributed by atoms with Crippen LogP contribution in [0.15, 0.2) is 28.0 Å². The molecule has 0 spiro atoms. The van der Waals surface area contributed by atoms with Gasteiger partial charge in [0, 0.05) is 16.3 Å². The van der Waals surface area contributed by atoms with Crippen LogP contribution < -0.4 is 5.32 Å². The Kier molecular flexibility index (Phi) is 5.95. The zero-order valence-electron chi connectivity index (χ0n) is 9.82. The normalized spacial score (nSPS) is 9.71. The van der Waals surface area contributed by atoms with Crippen molar-refractivity contribution >= 4 is 29.4 Å². The fraction of sp³-hybridized carbons (Fsp3) is 0.333. The number of nitrogens with zero attached hydrogens (tertiary/aromatic N) is 1. The highest BCUT2D eigenvalue weighted by molar-refractivity contribution is 8.00. The predicted octanol–water partition coefficient (Wildman–Crippen LogP) is 2.51. The van der Waals surface area contributed by atoms with Gasteiger partial charge in [0.15, 0.2) is 0 Å². The molecule has 0 aromatic heterocycles. The van der Waals surface area contributed by atoms with Crippen LogP contribution in [0.25, 0.3) is 0 Å². The number of hydrogen-bond acceptors (Lipinski definition) is 4. The molecule has 90 valence electrons. The Labute approximate surface area is 110 Å². The molecule has 0 aliphatic carbocycles. The number of nitriles is 1. The van der Waals surface area contributed by atoms with Gasteiger partial charge in [0.1, 0.15) is 6.07 Å². The highest BCUT2D eigenvalue weighted by atomic mass is 32.2. The van der Waals surface area contributed by atoms with E-state index in [1.807, 2.05) is 31.4 Å². The molecule has 0 radical (unpaired) electrons. The van der Waals surface area contributed by atoms with E-state index in [4.69, 9.17) is 5.26 Å².